The van der Waals surface area contributed by atoms with E-state index in [1.54, 1.807) is 12.1 Å². The number of carbonyl (C=O) groups is 1. The number of aryl methyl sites for hydroxylation is 1. The molecule has 116 valence electrons. The summed E-state index contributed by atoms with van der Waals surface area (Å²) < 4.78 is 33.6. The number of aliphatic hydroxyl groups excluding tert-OH is 2. The van der Waals surface area contributed by atoms with Gasteiger partial charge in [0.2, 0.25) is 0 Å². The summed E-state index contributed by atoms with van der Waals surface area (Å²) in [5, 5.41) is 18.6. The molecule has 0 spiro atoms. The van der Waals surface area contributed by atoms with Gasteiger partial charge in [-0.05, 0) is 19.1 Å². The van der Waals surface area contributed by atoms with Crippen LogP contribution in [0.3, 0.4) is 0 Å². The van der Waals surface area contributed by atoms with Gasteiger partial charge in [0.1, 0.15) is 24.4 Å². The largest absolute Gasteiger partial charge is 0.387 e. The van der Waals surface area contributed by atoms with Gasteiger partial charge in [-0.1, -0.05) is 17.7 Å². The maximum Gasteiger partial charge on any atom is 0.297 e. The van der Waals surface area contributed by atoms with Crippen molar-refractivity contribution in [2.75, 3.05) is 6.61 Å². The van der Waals surface area contributed by atoms with Gasteiger partial charge in [-0.2, -0.15) is 8.42 Å². The fourth-order valence-corrected chi connectivity index (χ4v) is 2.71. The average molecular weight is 316 g/mol. The molecule has 0 saturated carbocycles. The first-order valence-electron chi connectivity index (χ1n) is 6.28. The third-order valence-corrected chi connectivity index (χ3v) is 4.44. The van der Waals surface area contributed by atoms with Crippen LogP contribution in [0, 0.1) is 6.92 Å². The Bertz CT molecular complexity index is 595. The van der Waals surface area contributed by atoms with Crippen LogP contribution in [-0.2, 0) is 23.8 Å². The Kier molecular flexibility index (Phi) is 4.74. The van der Waals surface area contributed by atoms with Crippen molar-refractivity contribution in [1.82, 2.24) is 0 Å². The molecule has 1 heterocycles. The molecule has 0 amide bonds. The van der Waals surface area contributed by atoms with Crippen molar-refractivity contribution in [1.29, 1.82) is 0 Å². The molecule has 0 bridgehead atoms. The number of hydrogen-bond donors (Lipinski definition) is 2. The van der Waals surface area contributed by atoms with Crippen molar-refractivity contribution >= 4 is 16.4 Å². The van der Waals surface area contributed by atoms with Crippen LogP contribution in [0.2, 0.25) is 0 Å². The molecule has 7 nitrogen and oxygen atoms in total. The highest BCUT2D eigenvalue weighted by molar-refractivity contribution is 7.86. The molecule has 0 aromatic heterocycles. The summed E-state index contributed by atoms with van der Waals surface area (Å²) in [5.41, 5.74) is 0.922. The van der Waals surface area contributed by atoms with Crippen molar-refractivity contribution in [3.63, 3.8) is 0 Å². The van der Waals surface area contributed by atoms with Crippen molar-refractivity contribution in [3.05, 3.63) is 29.8 Å². The van der Waals surface area contributed by atoms with Gasteiger partial charge in [0.25, 0.3) is 10.1 Å². The molecular weight excluding hydrogens is 300 g/mol. The molecule has 4 atom stereocenters. The number of aliphatic hydroxyl groups is 2. The van der Waals surface area contributed by atoms with Crippen LogP contribution in [-0.4, -0.2) is 55.9 Å². The summed E-state index contributed by atoms with van der Waals surface area (Å²) in [5.74, 6) is 0. The summed E-state index contributed by atoms with van der Waals surface area (Å²) in [6.07, 6.45) is -4.24. The first-order valence-corrected chi connectivity index (χ1v) is 7.69. The van der Waals surface area contributed by atoms with Gasteiger partial charge in [-0.15, -0.1) is 0 Å². The zero-order valence-corrected chi connectivity index (χ0v) is 12.1. The molecule has 1 aliphatic heterocycles. The Morgan fingerprint density at radius 3 is 2.52 bits per heavy atom. The molecule has 2 rings (SSSR count). The van der Waals surface area contributed by atoms with E-state index in [9.17, 15) is 18.3 Å². The first kappa shape index (κ1) is 16.1. The van der Waals surface area contributed by atoms with Gasteiger partial charge in [0.05, 0.1) is 11.5 Å². The number of ether oxygens (including phenoxy) is 1. The molecule has 1 fully saturated rings. The zero-order valence-electron chi connectivity index (χ0n) is 11.2. The van der Waals surface area contributed by atoms with Crippen molar-refractivity contribution in [3.8, 4) is 0 Å². The first-order chi connectivity index (χ1) is 9.85. The summed E-state index contributed by atoms with van der Waals surface area (Å²) in [6, 6.07) is 6.16. The zero-order chi connectivity index (χ0) is 15.6. The van der Waals surface area contributed by atoms with E-state index in [1.807, 2.05) is 6.92 Å². The van der Waals surface area contributed by atoms with E-state index in [0.29, 0.717) is 0 Å². The van der Waals surface area contributed by atoms with Gasteiger partial charge in [-0.3, -0.25) is 4.18 Å². The topological polar surface area (TPSA) is 113 Å². The lowest BCUT2D eigenvalue weighted by Crippen LogP contribution is -2.33. The molecule has 4 unspecified atom stereocenters. The lowest BCUT2D eigenvalue weighted by atomic mass is 10.1. The highest BCUT2D eigenvalue weighted by Crippen LogP contribution is 2.28. The SMILES string of the molecule is Cc1ccc(S(=O)(=O)OCC2OC2C(O)C(O)C=O)cc1. The Balaban J connectivity index is 1.89. The monoisotopic (exact) mass is 316 g/mol. The molecule has 1 saturated heterocycles. The average Bonchev–Trinajstić information content (AvgIpc) is 3.23. The van der Waals surface area contributed by atoms with Gasteiger partial charge in [0.15, 0.2) is 6.29 Å². The predicted molar refractivity (Wildman–Crippen MR) is 71.1 cm³/mol. The normalized spacial score (nSPS) is 24.3. The van der Waals surface area contributed by atoms with Crippen LogP contribution in [0.5, 0.6) is 0 Å². The fraction of sp³-hybridized carbons (Fsp3) is 0.462. The van der Waals surface area contributed by atoms with Crippen LogP contribution in [0.15, 0.2) is 29.2 Å². The smallest absolute Gasteiger partial charge is 0.297 e. The Morgan fingerprint density at radius 1 is 1.33 bits per heavy atom. The van der Waals surface area contributed by atoms with E-state index >= 15 is 0 Å². The van der Waals surface area contributed by atoms with Crippen LogP contribution in [0.4, 0.5) is 0 Å². The fourth-order valence-electron chi connectivity index (χ4n) is 1.80. The van der Waals surface area contributed by atoms with Crippen molar-refractivity contribution in [2.45, 2.75) is 36.2 Å². The maximum atomic E-state index is 11.9. The summed E-state index contributed by atoms with van der Waals surface area (Å²) in [6.45, 7) is 1.54. The Labute approximate surface area is 122 Å². The molecule has 1 aromatic rings. The second-order valence-corrected chi connectivity index (χ2v) is 6.42. The van der Waals surface area contributed by atoms with E-state index in [4.69, 9.17) is 14.0 Å². The molecule has 1 aromatic carbocycles. The van der Waals surface area contributed by atoms with Gasteiger partial charge < -0.3 is 19.7 Å². The van der Waals surface area contributed by atoms with E-state index in [-0.39, 0.29) is 17.8 Å². The predicted octanol–water partition coefficient (Wildman–Crippen LogP) is -0.612. The molecule has 21 heavy (non-hydrogen) atoms. The second-order valence-electron chi connectivity index (χ2n) is 4.81. The van der Waals surface area contributed by atoms with E-state index in [2.05, 4.69) is 0 Å². The minimum atomic E-state index is -3.90. The molecule has 2 N–H and O–H groups in total. The van der Waals surface area contributed by atoms with Crippen molar-refractivity contribution < 1.29 is 32.3 Å². The number of epoxide rings is 1. The number of rotatable bonds is 7. The number of carbonyl (C=O) groups excluding carboxylic acids is 1. The maximum absolute atomic E-state index is 11.9. The van der Waals surface area contributed by atoms with Crippen LogP contribution in [0.25, 0.3) is 0 Å². The second kappa shape index (κ2) is 6.20. The molecular formula is C13H16O7S. The lowest BCUT2D eigenvalue weighted by molar-refractivity contribution is -0.120. The van der Waals surface area contributed by atoms with Crippen LogP contribution in [0.1, 0.15) is 5.56 Å². The van der Waals surface area contributed by atoms with E-state index in [0.717, 1.165) is 5.56 Å². The molecule has 0 aliphatic carbocycles. The summed E-state index contributed by atoms with van der Waals surface area (Å²) in [7, 11) is -3.90. The van der Waals surface area contributed by atoms with E-state index < -0.39 is 34.5 Å². The third kappa shape index (κ3) is 3.86. The third-order valence-electron chi connectivity index (χ3n) is 3.14. The van der Waals surface area contributed by atoms with Crippen molar-refractivity contribution in [2.24, 2.45) is 0 Å². The van der Waals surface area contributed by atoms with Crippen LogP contribution >= 0.6 is 0 Å². The number of aldehydes is 1. The lowest BCUT2D eigenvalue weighted by Gasteiger charge is -2.09. The Hall–Kier alpha value is -1.32. The van der Waals surface area contributed by atoms with Gasteiger partial charge in [0, 0.05) is 0 Å². The quantitative estimate of drug-likeness (QED) is 0.392. The van der Waals surface area contributed by atoms with E-state index in [1.165, 1.54) is 12.1 Å². The highest BCUT2D eigenvalue weighted by Gasteiger charge is 2.47. The molecule has 8 heteroatoms. The summed E-state index contributed by atoms with van der Waals surface area (Å²) in [4.78, 5) is 10.3. The number of hydrogen-bond acceptors (Lipinski definition) is 7. The van der Waals surface area contributed by atoms with Crippen LogP contribution < -0.4 is 0 Å². The van der Waals surface area contributed by atoms with Gasteiger partial charge >= 0.3 is 0 Å². The minimum absolute atomic E-state index is 0.0266. The molecule has 0 radical (unpaired) electrons. The Morgan fingerprint density at radius 2 is 1.95 bits per heavy atom. The number of benzene rings is 1. The summed E-state index contributed by atoms with van der Waals surface area (Å²) >= 11 is 0. The van der Waals surface area contributed by atoms with Gasteiger partial charge in [-0.25, -0.2) is 0 Å². The standard InChI is InChI=1S/C13H16O7S/c1-8-2-4-9(5-3-8)21(17,18)19-7-11-13(20-11)12(16)10(15)6-14/h2-6,10-13,15-16H,7H2,1H3. The highest BCUT2D eigenvalue weighted by atomic mass is 32.2. The minimum Gasteiger partial charge on any atom is -0.387 e. The molecule has 1 aliphatic rings.